The standard InChI is InChI=1S/C14H18BrClN6OS/c1-8-11(13(16)21(3)17-8)9-5-14(2,23-20-9)7-24-6-10-12(15)19-22(4)18-10/h5-7H2,1-4H3. The first-order valence-corrected chi connectivity index (χ1v) is 9.69. The van der Waals surface area contributed by atoms with E-state index in [0.29, 0.717) is 11.6 Å². The SMILES string of the molecule is Cc1nn(C)c(Cl)c1C1=NOC(C)(CSCc2nn(C)nc2Br)C1. The van der Waals surface area contributed by atoms with Crippen LogP contribution in [0.2, 0.25) is 5.15 Å². The summed E-state index contributed by atoms with van der Waals surface area (Å²) in [6, 6.07) is 0. The lowest BCUT2D eigenvalue weighted by Gasteiger charge is -2.20. The summed E-state index contributed by atoms with van der Waals surface area (Å²) in [5, 5.41) is 17.7. The lowest BCUT2D eigenvalue weighted by Crippen LogP contribution is -2.28. The summed E-state index contributed by atoms with van der Waals surface area (Å²) < 4.78 is 2.44. The summed E-state index contributed by atoms with van der Waals surface area (Å²) in [5.74, 6) is 1.55. The summed E-state index contributed by atoms with van der Waals surface area (Å²) in [7, 11) is 3.63. The zero-order chi connectivity index (χ0) is 17.5. The van der Waals surface area contributed by atoms with Crippen molar-refractivity contribution in [2.45, 2.75) is 31.6 Å². The maximum absolute atomic E-state index is 6.33. The Bertz CT molecular complexity index is 804. The van der Waals surface area contributed by atoms with Gasteiger partial charge in [-0.25, -0.2) is 0 Å². The van der Waals surface area contributed by atoms with Gasteiger partial charge < -0.3 is 4.84 Å². The van der Waals surface area contributed by atoms with E-state index in [1.807, 2.05) is 14.0 Å². The number of aromatic nitrogens is 5. The molecule has 0 saturated heterocycles. The minimum absolute atomic E-state index is 0.361. The van der Waals surface area contributed by atoms with E-state index in [9.17, 15) is 0 Å². The Hall–Kier alpha value is -1.06. The van der Waals surface area contributed by atoms with Gasteiger partial charge in [0.15, 0.2) is 4.60 Å². The largest absolute Gasteiger partial charge is 0.388 e. The molecule has 0 aromatic carbocycles. The molecule has 0 bridgehead atoms. The average Bonchev–Trinajstić information content (AvgIpc) is 3.09. The third-order valence-electron chi connectivity index (χ3n) is 3.74. The van der Waals surface area contributed by atoms with Crippen LogP contribution in [0.4, 0.5) is 0 Å². The molecule has 1 unspecified atom stereocenters. The van der Waals surface area contributed by atoms with Crippen LogP contribution in [0.15, 0.2) is 9.76 Å². The molecule has 0 fully saturated rings. The Morgan fingerprint density at radius 2 is 2.08 bits per heavy atom. The Morgan fingerprint density at radius 1 is 1.33 bits per heavy atom. The quantitative estimate of drug-likeness (QED) is 0.724. The van der Waals surface area contributed by atoms with Gasteiger partial charge in [0.25, 0.3) is 0 Å². The van der Waals surface area contributed by atoms with Crippen molar-refractivity contribution < 1.29 is 4.84 Å². The van der Waals surface area contributed by atoms with Crippen molar-refractivity contribution >= 4 is 45.0 Å². The first-order valence-electron chi connectivity index (χ1n) is 7.37. The van der Waals surface area contributed by atoms with Gasteiger partial charge in [0.1, 0.15) is 16.4 Å². The number of thioether (sulfide) groups is 1. The van der Waals surface area contributed by atoms with Crippen molar-refractivity contribution in [1.82, 2.24) is 24.8 Å². The molecular formula is C14H18BrClN6OS. The van der Waals surface area contributed by atoms with Gasteiger partial charge in [0.2, 0.25) is 0 Å². The number of halogens is 2. The zero-order valence-electron chi connectivity index (χ0n) is 13.9. The molecule has 130 valence electrons. The molecule has 3 rings (SSSR count). The fourth-order valence-electron chi connectivity index (χ4n) is 2.63. The Labute approximate surface area is 157 Å². The molecule has 0 amide bonds. The highest BCUT2D eigenvalue weighted by Gasteiger charge is 2.37. The molecule has 10 heteroatoms. The van der Waals surface area contributed by atoms with Crippen LogP contribution < -0.4 is 0 Å². The molecule has 7 nitrogen and oxygen atoms in total. The Kier molecular flexibility index (Phi) is 4.94. The van der Waals surface area contributed by atoms with E-state index in [-0.39, 0.29) is 5.60 Å². The van der Waals surface area contributed by atoms with Gasteiger partial charge in [-0.1, -0.05) is 16.8 Å². The molecule has 1 atom stereocenters. The minimum atomic E-state index is -0.361. The highest BCUT2D eigenvalue weighted by molar-refractivity contribution is 9.10. The minimum Gasteiger partial charge on any atom is -0.388 e. The second-order valence-corrected chi connectivity index (χ2v) is 8.15. The molecular weight excluding hydrogens is 416 g/mol. The van der Waals surface area contributed by atoms with Crippen LogP contribution in [0.3, 0.4) is 0 Å². The van der Waals surface area contributed by atoms with Crippen molar-refractivity contribution in [3.63, 3.8) is 0 Å². The molecule has 2 aromatic rings. The fourth-order valence-corrected chi connectivity index (χ4v) is 4.62. The normalized spacial score (nSPS) is 20.3. The summed E-state index contributed by atoms with van der Waals surface area (Å²) in [4.78, 5) is 7.28. The van der Waals surface area contributed by atoms with Crippen LogP contribution in [-0.2, 0) is 24.7 Å². The molecule has 0 radical (unpaired) electrons. The molecule has 3 heterocycles. The third kappa shape index (κ3) is 3.48. The number of hydrogen-bond acceptors (Lipinski definition) is 6. The van der Waals surface area contributed by atoms with Crippen molar-refractivity contribution in [2.75, 3.05) is 5.75 Å². The molecule has 2 aromatic heterocycles. The lowest BCUT2D eigenvalue weighted by atomic mass is 9.98. The summed E-state index contributed by atoms with van der Waals surface area (Å²) in [6.07, 6.45) is 0.702. The zero-order valence-corrected chi connectivity index (χ0v) is 17.0. The number of oxime groups is 1. The van der Waals surface area contributed by atoms with Gasteiger partial charge in [0, 0.05) is 32.0 Å². The Morgan fingerprint density at radius 3 is 2.67 bits per heavy atom. The van der Waals surface area contributed by atoms with Crippen molar-refractivity contribution in [3.8, 4) is 0 Å². The maximum Gasteiger partial charge on any atom is 0.152 e. The van der Waals surface area contributed by atoms with E-state index in [1.54, 1.807) is 28.3 Å². The van der Waals surface area contributed by atoms with Gasteiger partial charge in [0.05, 0.1) is 17.0 Å². The van der Waals surface area contributed by atoms with Gasteiger partial charge in [-0.3, -0.25) is 4.68 Å². The van der Waals surface area contributed by atoms with Crippen molar-refractivity contribution in [1.29, 1.82) is 0 Å². The van der Waals surface area contributed by atoms with E-state index in [2.05, 4.69) is 43.3 Å². The molecule has 0 spiro atoms. The van der Waals surface area contributed by atoms with Gasteiger partial charge in [-0.2, -0.15) is 26.8 Å². The van der Waals surface area contributed by atoms with Crippen molar-refractivity contribution in [2.24, 2.45) is 19.3 Å². The van der Waals surface area contributed by atoms with Crippen molar-refractivity contribution in [3.05, 3.63) is 26.7 Å². The van der Waals surface area contributed by atoms with Crippen LogP contribution in [-0.4, -0.2) is 41.8 Å². The van der Waals surface area contributed by atoms with Crippen LogP contribution in [0.5, 0.6) is 0 Å². The van der Waals surface area contributed by atoms with Gasteiger partial charge >= 0.3 is 0 Å². The molecule has 0 N–H and O–H groups in total. The van der Waals surface area contributed by atoms with E-state index < -0.39 is 0 Å². The van der Waals surface area contributed by atoms with Crippen LogP contribution in [0.1, 0.15) is 30.3 Å². The first kappa shape index (κ1) is 17.8. The second kappa shape index (κ2) is 6.68. The van der Waals surface area contributed by atoms with Crippen LogP contribution in [0.25, 0.3) is 0 Å². The van der Waals surface area contributed by atoms with Gasteiger partial charge in [-0.15, -0.1) is 5.10 Å². The third-order valence-corrected chi connectivity index (χ3v) is 6.08. The van der Waals surface area contributed by atoms with Crippen LogP contribution in [0, 0.1) is 6.92 Å². The number of hydrogen-bond donors (Lipinski definition) is 0. The molecule has 24 heavy (non-hydrogen) atoms. The Balaban J connectivity index is 1.61. The predicted octanol–water partition coefficient (Wildman–Crippen LogP) is 3.09. The number of rotatable bonds is 5. The van der Waals surface area contributed by atoms with Gasteiger partial charge in [-0.05, 0) is 29.8 Å². The lowest BCUT2D eigenvalue weighted by molar-refractivity contribution is 0.0163. The average molecular weight is 434 g/mol. The fraction of sp³-hybridized carbons (Fsp3) is 0.571. The highest BCUT2D eigenvalue weighted by Crippen LogP contribution is 2.33. The number of nitrogens with zero attached hydrogens (tertiary/aromatic N) is 6. The molecule has 1 aliphatic heterocycles. The highest BCUT2D eigenvalue weighted by atomic mass is 79.9. The first-order chi connectivity index (χ1) is 11.3. The summed E-state index contributed by atoms with van der Waals surface area (Å²) >= 11 is 11.5. The summed E-state index contributed by atoms with van der Waals surface area (Å²) in [5.41, 5.74) is 3.17. The number of aryl methyl sites for hydroxylation is 3. The van der Waals surface area contributed by atoms with E-state index in [1.165, 1.54) is 0 Å². The van der Waals surface area contributed by atoms with E-state index in [4.69, 9.17) is 16.4 Å². The van der Waals surface area contributed by atoms with Crippen LogP contribution >= 0.6 is 39.3 Å². The van der Waals surface area contributed by atoms with E-state index in [0.717, 1.165) is 38.8 Å². The summed E-state index contributed by atoms with van der Waals surface area (Å²) in [6.45, 7) is 3.99. The topological polar surface area (TPSA) is 70.1 Å². The molecule has 0 aliphatic carbocycles. The van der Waals surface area contributed by atoms with E-state index >= 15 is 0 Å². The second-order valence-electron chi connectivity index (χ2n) is 6.05. The maximum atomic E-state index is 6.33. The molecule has 1 aliphatic rings. The predicted molar refractivity (Wildman–Crippen MR) is 98.5 cm³/mol. The monoisotopic (exact) mass is 432 g/mol. The molecule has 0 saturated carbocycles. The smallest absolute Gasteiger partial charge is 0.152 e.